The summed E-state index contributed by atoms with van der Waals surface area (Å²) >= 11 is 0. The van der Waals surface area contributed by atoms with Crippen molar-refractivity contribution in [1.82, 2.24) is 9.97 Å². The van der Waals surface area contributed by atoms with E-state index in [1.54, 1.807) is 35.4 Å². The molecule has 0 spiro atoms. The molecule has 9 heteroatoms. The summed E-state index contributed by atoms with van der Waals surface area (Å²) in [4.78, 5) is 22.0. The van der Waals surface area contributed by atoms with Crippen LogP contribution in [0.1, 0.15) is 29.8 Å². The zero-order chi connectivity index (χ0) is 23.6. The fraction of sp³-hybridized carbons (Fsp3) is 0.167. The van der Waals surface area contributed by atoms with Crippen LogP contribution in [0.2, 0.25) is 0 Å². The number of nitriles is 1. The first-order valence-electron chi connectivity index (χ1n) is 10.1. The summed E-state index contributed by atoms with van der Waals surface area (Å²) in [7, 11) is 0. The zero-order valence-electron chi connectivity index (χ0n) is 17.4. The highest BCUT2D eigenvalue weighted by Crippen LogP contribution is 2.34. The molecule has 0 atom stereocenters. The van der Waals surface area contributed by atoms with Crippen molar-refractivity contribution in [3.8, 4) is 17.2 Å². The highest BCUT2D eigenvalue weighted by atomic mass is 19.4. The van der Waals surface area contributed by atoms with Crippen molar-refractivity contribution >= 4 is 23.0 Å². The van der Waals surface area contributed by atoms with Crippen molar-refractivity contribution in [3.63, 3.8) is 0 Å². The van der Waals surface area contributed by atoms with Gasteiger partial charge in [-0.15, -0.1) is 0 Å². The van der Waals surface area contributed by atoms with Crippen LogP contribution in [0.4, 0.5) is 24.5 Å². The molecule has 4 rings (SSSR count). The van der Waals surface area contributed by atoms with E-state index in [-0.39, 0.29) is 5.91 Å². The second-order valence-electron chi connectivity index (χ2n) is 7.43. The van der Waals surface area contributed by atoms with Gasteiger partial charge in [0.2, 0.25) is 5.91 Å². The molecule has 1 aliphatic rings. The van der Waals surface area contributed by atoms with Gasteiger partial charge >= 0.3 is 6.18 Å². The average Bonchev–Trinajstić information content (AvgIpc) is 3.24. The topological polar surface area (TPSA) is 81.9 Å². The van der Waals surface area contributed by atoms with Crippen molar-refractivity contribution in [2.75, 3.05) is 16.8 Å². The van der Waals surface area contributed by atoms with Gasteiger partial charge in [-0.3, -0.25) is 9.78 Å². The van der Waals surface area contributed by atoms with E-state index in [2.05, 4.69) is 27.9 Å². The fourth-order valence-electron chi connectivity index (χ4n) is 3.64. The van der Waals surface area contributed by atoms with Gasteiger partial charge in [0.25, 0.3) is 0 Å². The summed E-state index contributed by atoms with van der Waals surface area (Å²) < 4.78 is 38.3. The lowest BCUT2D eigenvalue weighted by Crippen LogP contribution is -2.25. The van der Waals surface area contributed by atoms with Crippen LogP contribution in [-0.4, -0.2) is 22.4 Å². The number of hydrogen-bond acceptors (Lipinski definition) is 5. The number of aromatic nitrogens is 2. The predicted molar refractivity (Wildman–Crippen MR) is 118 cm³/mol. The van der Waals surface area contributed by atoms with Crippen LogP contribution in [0, 0.1) is 11.3 Å². The van der Waals surface area contributed by atoms with Gasteiger partial charge in [-0.25, -0.2) is 4.98 Å². The number of halogens is 3. The summed E-state index contributed by atoms with van der Waals surface area (Å²) in [6.45, 7) is 4.48. The largest absolute Gasteiger partial charge is 0.433 e. The molecule has 1 fully saturated rings. The van der Waals surface area contributed by atoms with E-state index in [9.17, 15) is 23.2 Å². The number of alkyl halides is 3. The van der Waals surface area contributed by atoms with Gasteiger partial charge in [0, 0.05) is 30.3 Å². The second-order valence-corrected chi connectivity index (χ2v) is 7.43. The Balaban J connectivity index is 1.70. The van der Waals surface area contributed by atoms with Gasteiger partial charge in [-0.2, -0.15) is 18.4 Å². The van der Waals surface area contributed by atoms with Crippen LogP contribution in [0.15, 0.2) is 61.4 Å². The summed E-state index contributed by atoms with van der Waals surface area (Å²) in [5.41, 5.74) is 2.30. The summed E-state index contributed by atoms with van der Waals surface area (Å²) in [6.07, 6.45) is -0.795. The van der Waals surface area contributed by atoms with Crippen LogP contribution < -0.4 is 10.2 Å². The monoisotopic (exact) mass is 449 g/mol. The van der Waals surface area contributed by atoms with Gasteiger partial charge < -0.3 is 10.2 Å². The number of amides is 1. The lowest BCUT2D eigenvalue weighted by atomic mass is 10.0. The van der Waals surface area contributed by atoms with Gasteiger partial charge in [0.15, 0.2) is 0 Å². The second kappa shape index (κ2) is 8.74. The van der Waals surface area contributed by atoms with Gasteiger partial charge in [-0.1, -0.05) is 24.8 Å². The molecular formula is C24H18F3N5O. The number of hydrogen-bond donors (Lipinski definition) is 1. The Morgan fingerprint density at radius 1 is 1.15 bits per heavy atom. The molecule has 1 aromatic carbocycles. The highest BCUT2D eigenvalue weighted by Gasteiger charge is 2.32. The number of benzene rings is 1. The Labute approximate surface area is 188 Å². The van der Waals surface area contributed by atoms with Crippen molar-refractivity contribution in [2.24, 2.45) is 0 Å². The van der Waals surface area contributed by atoms with Gasteiger partial charge in [-0.05, 0) is 30.7 Å². The van der Waals surface area contributed by atoms with E-state index < -0.39 is 11.9 Å². The van der Waals surface area contributed by atoms with E-state index in [1.165, 1.54) is 6.07 Å². The first-order chi connectivity index (χ1) is 15.8. The molecule has 2 aromatic heterocycles. The molecule has 0 radical (unpaired) electrons. The molecule has 6 nitrogen and oxygen atoms in total. The number of nitrogens with zero attached hydrogens (tertiary/aromatic N) is 4. The van der Waals surface area contributed by atoms with Gasteiger partial charge in [0.05, 0.1) is 34.9 Å². The zero-order valence-corrected chi connectivity index (χ0v) is 17.4. The molecule has 1 N–H and O–H groups in total. The van der Waals surface area contributed by atoms with E-state index in [0.29, 0.717) is 58.8 Å². The third kappa shape index (κ3) is 4.55. The molecule has 1 aliphatic heterocycles. The number of carbonyl (C=O) groups is 1. The van der Waals surface area contributed by atoms with E-state index in [4.69, 9.17) is 0 Å². The standard InChI is InChI=1S/C24H18F3N5O/c1-15(31-18-8-9-21(29-14-18)24(25,26)27)23-20(32-10-4-7-22(32)33)11-17(13-30-23)19-6-3-2-5-16(19)12-28/h2-3,5-6,8-9,11,13-14,31H,1,4,7,10H2. The summed E-state index contributed by atoms with van der Waals surface area (Å²) in [5, 5.41) is 12.4. The Morgan fingerprint density at radius 2 is 1.94 bits per heavy atom. The van der Waals surface area contributed by atoms with Crippen molar-refractivity contribution < 1.29 is 18.0 Å². The quantitative estimate of drug-likeness (QED) is 0.576. The first kappa shape index (κ1) is 22.0. The maximum Gasteiger partial charge on any atom is 0.433 e. The lowest BCUT2D eigenvalue weighted by Gasteiger charge is -2.22. The van der Waals surface area contributed by atoms with Crippen LogP contribution in [-0.2, 0) is 11.0 Å². The summed E-state index contributed by atoms with van der Waals surface area (Å²) in [5.74, 6) is -0.0623. The van der Waals surface area contributed by atoms with E-state index in [1.807, 2.05) is 6.07 Å². The molecule has 3 heterocycles. The lowest BCUT2D eigenvalue weighted by molar-refractivity contribution is -0.141. The Kier molecular flexibility index (Phi) is 5.84. The van der Waals surface area contributed by atoms with Crippen LogP contribution in [0.3, 0.4) is 0 Å². The minimum absolute atomic E-state index is 0.0623. The normalized spacial score (nSPS) is 13.6. The van der Waals surface area contributed by atoms with Crippen molar-refractivity contribution in [2.45, 2.75) is 19.0 Å². The molecule has 0 bridgehead atoms. The number of rotatable bonds is 5. The fourth-order valence-corrected chi connectivity index (χ4v) is 3.64. The maximum absolute atomic E-state index is 12.8. The van der Waals surface area contributed by atoms with Gasteiger partial charge in [0.1, 0.15) is 11.4 Å². The van der Waals surface area contributed by atoms with Crippen molar-refractivity contribution in [3.05, 3.63) is 78.4 Å². The van der Waals surface area contributed by atoms with E-state index >= 15 is 0 Å². The third-order valence-electron chi connectivity index (χ3n) is 5.23. The van der Waals surface area contributed by atoms with E-state index in [0.717, 1.165) is 12.3 Å². The smallest absolute Gasteiger partial charge is 0.353 e. The number of pyridine rings is 2. The molecule has 33 heavy (non-hydrogen) atoms. The Hall–Kier alpha value is -4.19. The maximum atomic E-state index is 12.8. The molecule has 166 valence electrons. The summed E-state index contributed by atoms with van der Waals surface area (Å²) in [6, 6.07) is 13.1. The number of carbonyl (C=O) groups excluding carboxylic acids is 1. The average molecular weight is 449 g/mol. The third-order valence-corrected chi connectivity index (χ3v) is 5.23. The molecule has 0 saturated carbocycles. The number of anilines is 2. The van der Waals surface area contributed by atoms with Crippen LogP contribution >= 0.6 is 0 Å². The highest BCUT2D eigenvalue weighted by molar-refractivity contribution is 5.99. The van der Waals surface area contributed by atoms with Crippen molar-refractivity contribution in [1.29, 1.82) is 5.26 Å². The minimum atomic E-state index is -4.53. The van der Waals surface area contributed by atoms with Crippen LogP contribution in [0.5, 0.6) is 0 Å². The Bertz CT molecular complexity index is 1260. The number of nitrogens with one attached hydrogen (secondary N) is 1. The Morgan fingerprint density at radius 3 is 2.58 bits per heavy atom. The molecule has 0 aliphatic carbocycles. The van der Waals surface area contributed by atoms with Crippen LogP contribution in [0.25, 0.3) is 16.8 Å². The minimum Gasteiger partial charge on any atom is -0.353 e. The first-order valence-corrected chi connectivity index (χ1v) is 10.1. The molecular weight excluding hydrogens is 431 g/mol. The predicted octanol–water partition coefficient (Wildman–Crippen LogP) is 5.24. The molecule has 1 amide bonds. The SMILES string of the molecule is C=C(Nc1ccc(C(F)(F)F)nc1)c1ncc(-c2ccccc2C#N)cc1N1CCCC1=O. The molecule has 1 saturated heterocycles. The molecule has 0 unspecified atom stereocenters. The molecule has 3 aromatic rings.